The van der Waals surface area contributed by atoms with Crippen molar-refractivity contribution in [3.05, 3.63) is 20.8 Å². The number of hydrogen-bond acceptors (Lipinski definition) is 4. The summed E-state index contributed by atoms with van der Waals surface area (Å²) in [5.74, 6) is 0. The quantitative estimate of drug-likeness (QED) is 0.840. The molecule has 2 unspecified atom stereocenters. The van der Waals surface area contributed by atoms with E-state index < -0.39 is 0 Å². The minimum absolute atomic E-state index is 0.107. The molecule has 1 N–H and O–H groups in total. The summed E-state index contributed by atoms with van der Waals surface area (Å²) in [6.45, 7) is 3.56. The second kappa shape index (κ2) is 7.40. The first kappa shape index (κ1) is 14.1. The van der Waals surface area contributed by atoms with E-state index in [0.29, 0.717) is 12.6 Å². The van der Waals surface area contributed by atoms with Crippen LogP contribution < -0.4 is 5.32 Å². The third-order valence-corrected chi connectivity index (χ3v) is 4.23. The second-order valence-corrected chi connectivity index (χ2v) is 5.47. The Kier molecular flexibility index (Phi) is 6.53. The molecule has 0 saturated carbocycles. The minimum atomic E-state index is 0.107. The largest absolute Gasteiger partial charge is 0.382 e. The van der Waals surface area contributed by atoms with E-state index >= 15 is 0 Å². The van der Waals surface area contributed by atoms with E-state index in [2.05, 4.69) is 39.6 Å². The maximum absolute atomic E-state index is 5.29. The van der Waals surface area contributed by atoms with E-state index in [-0.39, 0.29) is 6.10 Å². The average Bonchev–Trinajstić information content (AvgIpc) is 2.70. The zero-order valence-corrected chi connectivity index (χ0v) is 12.2. The molecule has 0 radical (unpaired) electrons. The Hall–Kier alpha value is 0.0600. The Morgan fingerprint density at radius 2 is 2.25 bits per heavy atom. The predicted octanol–water partition coefficient (Wildman–Crippen LogP) is 2.82. The number of halogens is 1. The highest BCUT2D eigenvalue weighted by molar-refractivity contribution is 9.10. The van der Waals surface area contributed by atoms with Gasteiger partial charge >= 0.3 is 0 Å². The van der Waals surface area contributed by atoms with E-state index in [9.17, 15) is 0 Å². The van der Waals surface area contributed by atoms with Crippen LogP contribution in [0.15, 0.2) is 15.9 Å². The molecule has 1 aromatic rings. The Labute approximate surface area is 109 Å². The Morgan fingerprint density at radius 3 is 2.75 bits per heavy atom. The van der Waals surface area contributed by atoms with Gasteiger partial charge in [0.15, 0.2) is 0 Å². The average molecular weight is 308 g/mol. The number of thiophene rings is 1. The molecule has 0 spiro atoms. The van der Waals surface area contributed by atoms with Crippen LogP contribution in [-0.4, -0.2) is 33.5 Å². The van der Waals surface area contributed by atoms with E-state index in [0.717, 1.165) is 11.0 Å². The third kappa shape index (κ3) is 4.51. The summed E-state index contributed by atoms with van der Waals surface area (Å²) in [6.07, 6.45) is 0.107. The molecule has 0 aromatic carbocycles. The summed E-state index contributed by atoms with van der Waals surface area (Å²) in [5.41, 5.74) is 0. The molecule has 92 valence electrons. The topological polar surface area (TPSA) is 30.5 Å². The molecule has 0 bridgehead atoms. The van der Waals surface area contributed by atoms with Gasteiger partial charge in [0, 0.05) is 41.5 Å². The van der Waals surface area contributed by atoms with Crippen LogP contribution in [0, 0.1) is 0 Å². The molecule has 2 atom stereocenters. The van der Waals surface area contributed by atoms with Crippen LogP contribution in [0.25, 0.3) is 0 Å². The van der Waals surface area contributed by atoms with Crippen LogP contribution in [0.1, 0.15) is 17.8 Å². The van der Waals surface area contributed by atoms with Crippen LogP contribution in [0.4, 0.5) is 0 Å². The van der Waals surface area contributed by atoms with Gasteiger partial charge in [-0.25, -0.2) is 0 Å². The molecule has 0 aliphatic heterocycles. The monoisotopic (exact) mass is 307 g/mol. The van der Waals surface area contributed by atoms with Gasteiger partial charge in [-0.3, -0.25) is 0 Å². The van der Waals surface area contributed by atoms with Crippen molar-refractivity contribution < 1.29 is 9.47 Å². The van der Waals surface area contributed by atoms with Crippen LogP contribution in [0.2, 0.25) is 0 Å². The van der Waals surface area contributed by atoms with Gasteiger partial charge in [0.2, 0.25) is 0 Å². The van der Waals surface area contributed by atoms with Gasteiger partial charge in [-0.15, -0.1) is 11.3 Å². The molecule has 0 amide bonds. The Morgan fingerprint density at radius 1 is 1.50 bits per heavy atom. The summed E-state index contributed by atoms with van der Waals surface area (Å²) in [7, 11) is 3.39. The molecular formula is C11H18BrNO2S. The molecule has 0 saturated heterocycles. The van der Waals surface area contributed by atoms with Gasteiger partial charge in [0.1, 0.15) is 0 Å². The second-order valence-electron chi connectivity index (χ2n) is 3.61. The summed E-state index contributed by atoms with van der Waals surface area (Å²) in [4.78, 5) is 1.32. The first-order valence-electron chi connectivity index (χ1n) is 5.16. The summed E-state index contributed by atoms with van der Waals surface area (Å²) in [6, 6.07) is 2.48. The molecule has 0 fully saturated rings. The van der Waals surface area contributed by atoms with Gasteiger partial charge in [0.25, 0.3) is 0 Å². The normalized spacial score (nSPS) is 15.0. The van der Waals surface area contributed by atoms with E-state index in [1.54, 1.807) is 25.6 Å². The Balaban J connectivity index is 2.36. The molecule has 1 rings (SSSR count). The molecule has 3 nitrogen and oxygen atoms in total. The molecule has 1 aromatic heterocycles. The molecule has 5 heteroatoms. The number of nitrogens with one attached hydrogen (secondary N) is 1. The summed E-state index contributed by atoms with van der Waals surface area (Å²) >= 11 is 5.21. The number of ether oxygens (including phenoxy) is 2. The smallest absolute Gasteiger partial charge is 0.0928 e. The van der Waals surface area contributed by atoms with Gasteiger partial charge < -0.3 is 14.8 Å². The van der Waals surface area contributed by atoms with Crippen LogP contribution in [0.5, 0.6) is 0 Å². The standard InChI is InChI=1S/C11H18BrNO2S/c1-8(11-4-9(12)7-16-11)13-5-10(15-3)6-14-2/h4,7-8,10,13H,5-6H2,1-3H3. The lowest BCUT2D eigenvalue weighted by molar-refractivity contribution is 0.0277. The van der Waals surface area contributed by atoms with Gasteiger partial charge in [-0.2, -0.15) is 0 Å². The van der Waals surface area contributed by atoms with E-state index in [4.69, 9.17) is 9.47 Å². The summed E-state index contributed by atoms with van der Waals surface area (Å²) < 4.78 is 11.5. The molecular weight excluding hydrogens is 290 g/mol. The highest BCUT2D eigenvalue weighted by atomic mass is 79.9. The fourth-order valence-electron chi connectivity index (χ4n) is 1.36. The fourth-order valence-corrected chi connectivity index (χ4v) is 2.84. The number of rotatable bonds is 7. The van der Waals surface area contributed by atoms with Crippen molar-refractivity contribution in [2.75, 3.05) is 27.4 Å². The van der Waals surface area contributed by atoms with Crippen LogP contribution >= 0.6 is 27.3 Å². The van der Waals surface area contributed by atoms with Crippen molar-refractivity contribution in [1.82, 2.24) is 5.32 Å². The zero-order chi connectivity index (χ0) is 12.0. The van der Waals surface area contributed by atoms with Crippen molar-refractivity contribution in [2.45, 2.75) is 19.1 Å². The van der Waals surface area contributed by atoms with Gasteiger partial charge in [-0.05, 0) is 28.9 Å². The molecule has 1 heterocycles. The van der Waals surface area contributed by atoms with Crippen molar-refractivity contribution in [2.24, 2.45) is 0 Å². The minimum Gasteiger partial charge on any atom is -0.382 e. The number of hydrogen-bond donors (Lipinski definition) is 1. The first-order chi connectivity index (χ1) is 7.67. The van der Waals surface area contributed by atoms with Crippen molar-refractivity contribution in [3.8, 4) is 0 Å². The molecule has 16 heavy (non-hydrogen) atoms. The lowest BCUT2D eigenvalue weighted by Gasteiger charge is -2.18. The molecule has 0 aliphatic carbocycles. The third-order valence-electron chi connectivity index (χ3n) is 2.35. The highest BCUT2D eigenvalue weighted by Gasteiger charge is 2.11. The van der Waals surface area contributed by atoms with Crippen molar-refractivity contribution in [1.29, 1.82) is 0 Å². The van der Waals surface area contributed by atoms with E-state index in [1.807, 2.05) is 0 Å². The predicted molar refractivity (Wildman–Crippen MR) is 71.1 cm³/mol. The molecule has 0 aliphatic rings. The first-order valence-corrected chi connectivity index (χ1v) is 6.83. The Bertz CT molecular complexity index is 306. The highest BCUT2D eigenvalue weighted by Crippen LogP contribution is 2.25. The fraction of sp³-hybridized carbons (Fsp3) is 0.636. The SMILES string of the molecule is COCC(CNC(C)c1cc(Br)cs1)OC. The summed E-state index contributed by atoms with van der Waals surface area (Å²) in [5, 5.41) is 5.53. The van der Waals surface area contributed by atoms with E-state index in [1.165, 1.54) is 4.88 Å². The van der Waals surface area contributed by atoms with Crippen molar-refractivity contribution in [3.63, 3.8) is 0 Å². The lowest BCUT2D eigenvalue weighted by atomic mass is 10.2. The number of methoxy groups -OCH3 is 2. The zero-order valence-electron chi connectivity index (χ0n) is 9.83. The lowest BCUT2D eigenvalue weighted by Crippen LogP contribution is -2.33. The van der Waals surface area contributed by atoms with Crippen LogP contribution in [0.3, 0.4) is 0 Å². The van der Waals surface area contributed by atoms with Gasteiger partial charge in [0.05, 0.1) is 12.7 Å². The van der Waals surface area contributed by atoms with Crippen LogP contribution in [-0.2, 0) is 9.47 Å². The van der Waals surface area contributed by atoms with Crippen molar-refractivity contribution >= 4 is 27.3 Å². The van der Waals surface area contributed by atoms with Gasteiger partial charge in [-0.1, -0.05) is 0 Å². The maximum atomic E-state index is 5.29. The maximum Gasteiger partial charge on any atom is 0.0928 e.